The summed E-state index contributed by atoms with van der Waals surface area (Å²) < 4.78 is 5.24. The molecular formula is C22H35N3O4. The lowest BCUT2D eigenvalue weighted by molar-refractivity contribution is -0.133. The summed E-state index contributed by atoms with van der Waals surface area (Å²) in [6.07, 6.45) is 0.419. The van der Waals surface area contributed by atoms with Gasteiger partial charge < -0.3 is 14.7 Å². The minimum Gasteiger partial charge on any atom is -0.444 e. The number of carbonyl (C=O) groups is 2. The number of amides is 2. The minimum atomic E-state index is -0.550. The molecule has 7 nitrogen and oxygen atoms in total. The molecule has 1 saturated heterocycles. The molecule has 0 saturated carbocycles. The summed E-state index contributed by atoms with van der Waals surface area (Å²) in [6.45, 7) is 12.2. The van der Waals surface area contributed by atoms with Gasteiger partial charge in [0.05, 0.1) is 12.5 Å². The van der Waals surface area contributed by atoms with Gasteiger partial charge >= 0.3 is 6.09 Å². The molecule has 1 aromatic rings. The molecule has 29 heavy (non-hydrogen) atoms. The van der Waals surface area contributed by atoms with E-state index in [0.29, 0.717) is 31.7 Å². The maximum absolute atomic E-state index is 12.7. The lowest BCUT2D eigenvalue weighted by Crippen LogP contribution is -2.56. The van der Waals surface area contributed by atoms with Gasteiger partial charge in [0.25, 0.3) is 0 Å². The van der Waals surface area contributed by atoms with Crippen molar-refractivity contribution in [1.29, 1.82) is 0 Å². The van der Waals surface area contributed by atoms with Crippen LogP contribution in [0.25, 0.3) is 0 Å². The maximum atomic E-state index is 12.7. The molecule has 0 aliphatic carbocycles. The Labute approximate surface area is 174 Å². The number of nitrogens with zero attached hydrogens (tertiary/aromatic N) is 2. The molecule has 0 aromatic heterocycles. The standard InChI is InChI=1S/C22H35N3O4/c1-6-19-15-25(12-11-24(19)14-16(2)26)20(27)13-17-7-9-18(10-8-17)23-21(28)29-22(3,4)5/h7-10,16,19,26H,6,11-15H2,1-5H3,(H,23,28)/t16-,19-/m0/s1. The normalized spacial score (nSPS) is 19.0. The maximum Gasteiger partial charge on any atom is 0.412 e. The zero-order valence-electron chi connectivity index (χ0n) is 18.3. The van der Waals surface area contributed by atoms with Crippen LogP contribution in [0.2, 0.25) is 0 Å². The van der Waals surface area contributed by atoms with Gasteiger partial charge in [0.2, 0.25) is 5.91 Å². The van der Waals surface area contributed by atoms with E-state index in [0.717, 1.165) is 18.5 Å². The molecule has 1 aromatic carbocycles. The van der Waals surface area contributed by atoms with Crippen LogP contribution in [-0.2, 0) is 16.0 Å². The lowest BCUT2D eigenvalue weighted by Gasteiger charge is -2.41. The van der Waals surface area contributed by atoms with Gasteiger partial charge in [-0.1, -0.05) is 19.1 Å². The minimum absolute atomic E-state index is 0.105. The number of carbonyl (C=O) groups excluding carboxylic acids is 2. The van der Waals surface area contributed by atoms with Crippen LogP contribution in [0, 0.1) is 0 Å². The monoisotopic (exact) mass is 405 g/mol. The Hall–Kier alpha value is -2.12. The fraction of sp³-hybridized carbons (Fsp3) is 0.636. The summed E-state index contributed by atoms with van der Waals surface area (Å²) in [5.41, 5.74) is 0.990. The van der Waals surface area contributed by atoms with Crippen LogP contribution in [0.4, 0.5) is 10.5 Å². The molecule has 1 aliphatic rings. The smallest absolute Gasteiger partial charge is 0.412 e. The average molecular weight is 406 g/mol. The van der Waals surface area contributed by atoms with Crippen molar-refractivity contribution in [3.05, 3.63) is 29.8 Å². The molecule has 2 atom stereocenters. The molecule has 1 fully saturated rings. The second kappa shape index (κ2) is 10.1. The Morgan fingerprint density at radius 3 is 2.45 bits per heavy atom. The van der Waals surface area contributed by atoms with E-state index in [4.69, 9.17) is 4.74 Å². The molecule has 0 unspecified atom stereocenters. The highest BCUT2D eigenvalue weighted by molar-refractivity contribution is 5.85. The number of β-amino-alcohol motifs (C(OH)–C–C–N with tert-alkyl or cyclic N) is 1. The summed E-state index contributed by atoms with van der Waals surface area (Å²) in [5.74, 6) is 0.105. The van der Waals surface area contributed by atoms with Crippen molar-refractivity contribution in [2.45, 2.75) is 65.2 Å². The fourth-order valence-corrected chi connectivity index (χ4v) is 3.50. The third kappa shape index (κ3) is 7.66. The van der Waals surface area contributed by atoms with Crippen LogP contribution >= 0.6 is 0 Å². The molecular weight excluding hydrogens is 370 g/mol. The number of hydrogen-bond acceptors (Lipinski definition) is 5. The van der Waals surface area contributed by atoms with Crippen LogP contribution in [0.15, 0.2) is 24.3 Å². The van der Waals surface area contributed by atoms with Crippen LogP contribution < -0.4 is 5.32 Å². The van der Waals surface area contributed by atoms with Crippen LogP contribution in [0.3, 0.4) is 0 Å². The third-order valence-electron chi connectivity index (χ3n) is 4.88. The number of piperazine rings is 1. The first-order valence-corrected chi connectivity index (χ1v) is 10.4. The summed E-state index contributed by atoms with van der Waals surface area (Å²) in [6, 6.07) is 7.55. The third-order valence-corrected chi connectivity index (χ3v) is 4.88. The zero-order valence-corrected chi connectivity index (χ0v) is 18.3. The van der Waals surface area contributed by atoms with Crippen molar-refractivity contribution in [3.63, 3.8) is 0 Å². The highest BCUT2D eigenvalue weighted by atomic mass is 16.6. The van der Waals surface area contributed by atoms with E-state index in [9.17, 15) is 14.7 Å². The van der Waals surface area contributed by atoms with Gasteiger partial charge in [-0.3, -0.25) is 15.0 Å². The first-order valence-electron chi connectivity index (χ1n) is 10.4. The topological polar surface area (TPSA) is 82.1 Å². The highest BCUT2D eigenvalue weighted by Gasteiger charge is 2.28. The Morgan fingerprint density at radius 2 is 1.90 bits per heavy atom. The number of ether oxygens (including phenoxy) is 1. The first-order chi connectivity index (χ1) is 13.6. The lowest BCUT2D eigenvalue weighted by atomic mass is 10.1. The number of anilines is 1. The summed E-state index contributed by atoms with van der Waals surface area (Å²) in [7, 11) is 0. The van der Waals surface area contributed by atoms with Crippen molar-refractivity contribution in [2.75, 3.05) is 31.5 Å². The highest BCUT2D eigenvalue weighted by Crippen LogP contribution is 2.17. The number of nitrogens with one attached hydrogen (secondary N) is 1. The van der Waals surface area contributed by atoms with Gasteiger partial charge in [-0.15, -0.1) is 0 Å². The van der Waals surface area contributed by atoms with E-state index in [-0.39, 0.29) is 18.1 Å². The first kappa shape index (κ1) is 23.2. The number of rotatable bonds is 6. The van der Waals surface area contributed by atoms with Crippen LogP contribution in [0.5, 0.6) is 0 Å². The number of aliphatic hydroxyl groups is 1. The average Bonchev–Trinajstić information content (AvgIpc) is 2.61. The molecule has 7 heteroatoms. The molecule has 2 N–H and O–H groups in total. The van der Waals surface area contributed by atoms with E-state index in [1.54, 1.807) is 19.1 Å². The summed E-state index contributed by atoms with van der Waals surface area (Å²) in [5, 5.41) is 12.4. The van der Waals surface area contributed by atoms with Crippen LogP contribution in [0.1, 0.15) is 46.6 Å². The molecule has 0 spiro atoms. The molecule has 1 heterocycles. The van der Waals surface area contributed by atoms with Gasteiger partial charge in [-0.2, -0.15) is 0 Å². The zero-order chi connectivity index (χ0) is 21.6. The van der Waals surface area contributed by atoms with Crippen molar-refractivity contribution in [2.24, 2.45) is 0 Å². The number of hydrogen-bond donors (Lipinski definition) is 2. The number of aliphatic hydroxyl groups excluding tert-OH is 1. The van der Waals surface area contributed by atoms with E-state index < -0.39 is 11.7 Å². The van der Waals surface area contributed by atoms with Crippen LogP contribution in [-0.4, -0.2) is 70.8 Å². The molecule has 0 radical (unpaired) electrons. The van der Waals surface area contributed by atoms with Gasteiger partial charge in [-0.05, 0) is 51.8 Å². The van der Waals surface area contributed by atoms with Crippen molar-refractivity contribution in [1.82, 2.24) is 9.80 Å². The van der Waals surface area contributed by atoms with Gasteiger partial charge in [0.15, 0.2) is 0 Å². The van der Waals surface area contributed by atoms with Crippen molar-refractivity contribution >= 4 is 17.7 Å². The molecule has 2 rings (SSSR count). The fourth-order valence-electron chi connectivity index (χ4n) is 3.50. The van der Waals surface area contributed by atoms with E-state index in [1.165, 1.54) is 0 Å². The second-order valence-corrected chi connectivity index (χ2v) is 8.75. The SMILES string of the molecule is CC[C@H]1CN(C(=O)Cc2ccc(NC(=O)OC(C)(C)C)cc2)CCN1C[C@H](C)O. The Balaban J connectivity index is 1.88. The van der Waals surface area contributed by atoms with Gasteiger partial charge in [0, 0.05) is 37.9 Å². The Morgan fingerprint density at radius 1 is 1.24 bits per heavy atom. The van der Waals surface area contributed by atoms with E-state index in [1.807, 2.05) is 37.8 Å². The van der Waals surface area contributed by atoms with Crippen molar-refractivity contribution in [3.8, 4) is 0 Å². The summed E-state index contributed by atoms with van der Waals surface area (Å²) >= 11 is 0. The Bertz CT molecular complexity index is 682. The Kier molecular flexibility index (Phi) is 8.05. The molecule has 0 bridgehead atoms. The predicted octanol–water partition coefficient (Wildman–Crippen LogP) is 2.88. The molecule has 2 amide bonds. The van der Waals surface area contributed by atoms with Gasteiger partial charge in [0.1, 0.15) is 5.60 Å². The largest absolute Gasteiger partial charge is 0.444 e. The second-order valence-electron chi connectivity index (χ2n) is 8.75. The number of benzene rings is 1. The van der Waals surface area contributed by atoms with E-state index >= 15 is 0 Å². The summed E-state index contributed by atoms with van der Waals surface area (Å²) in [4.78, 5) is 28.8. The molecule has 162 valence electrons. The quantitative estimate of drug-likeness (QED) is 0.761. The molecule has 1 aliphatic heterocycles. The van der Waals surface area contributed by atoms with Crippen molar-refractivity contribution < 1.29 is 19.4 Å². The van der Waals surface area contributed by atoms with Gasteiger partial charge in [-0.25, -0.2) is 4.79 Å². The predicted molar refractivity (Wildman–Crippen MR) is 114 cm³/mol. The van der Waals surface area contributed by atoms with E-state index in [2.05, 4.69) is 17.1 Å².